The van der Waals surface area contributed by atoms with Crippen LogP contribution in [0.5, 0.6) is 0 Å². The van der Waals surface area contributed by atoms with E-state index in [-0.39, 0.29) is 17.7 Å². The Morgan fingerprint density at radius 2 is 1.63 bits per heavy atom. The lowest BCUT2D eigenvalue weighted by atomic mass is 9.91. The minimum Gasteiger partial charge on any atom is -0.361 e. The van der Waals surface area contributed by atoms with Crippen molar-refractivity contribution in [1.82, 2.24) is 15.3 Å². The van der Waals surface area contributed by atoms with Gasteiger partial charge < -0.3 is 15.6 Å². The molecule has 0 bridgehead atoms. The molecule has 5 rings (SSSR count). The van der Waals surface area contributed by atoms with Gasteiger partial charge in [-0.25, -0.2) is 0 Å². The number of carbonyl (C=O) groups excluding carboxylic acids is 2. The number of pyridine rings is 1. The number of fused-ring (bicyclic) bond motifs is 1. The molecule has 0 saturated carbocycles. The quantitative estimate of drug-likeness (QED) is 0.305. The van der Waals surface area contributed by atoms with Crippen molar-refractivity contribution in [2.24, 2.45) is 0 Å². The number of benzene rings is 3. The third kappa shape index (κ3) is 4.96. The Morgan fingerprint density at radius 1 is 0.829 bits per heavy atom. The van der Waals surface area contributed by atoms with Crippen molar-refractivity contribution in [1.29, 1.82) is 0 Å². The number of aromatic nitrogens is 2. The minimum absolute atomic E-state index is 0.0234. The summed E-state index contributed by atoms with van der Waals surface area (Å²) in [7, 11) is 0. The van der Waals surface area contributed by atoms with Crippen LogP contribution < -0.4 is 10.6 Å². The lowest BCUT2D eigenvalue weighted by molar-refractivity contribution is 0.0951. The maximum absolute atomic E-state index is 13.1. The minimum atomic E-state index is -0.279. The first kappa shape index (κ1) is 22.1. The summed E-state index contributed by atoms with van der Waals surface area (Å²) in [5.41, 5.74) is 4.78. The molecule has 2 heterocycles. The number of rotatable bonds is 7. The Morgan fingerprint density at radius 3 is 2.46 bits per heavy atom. The number of para-hydroxylation sites is 1. The fourth-order valence-corrected chi connectivity index (χ4v) is 4.21. The van der Waals surface area contributed by atoms with Crippen molar-refractivity contribution in [2.45, 2.75) is 5.92 Å². The van der Waals surface area contributed by atoms with Crippen LogP contribution >= 0.6 is 0 Å². The lowest BCUT2D eigenvalue weighted by Gasteiger charge is -2.18. The highest BCUT2D eigenvalue weighted by Gasteiger charge is 2.19. The van der Waals surface area contributed by atoms with Crippen molar-refractivity contribution in [3.63, 3.8) is 0 Å². The van der Waals surface area contributed by atoms with E-state index in [1.807, 2.05) is 42.6 Å². The molecule has 6 nitrogen and oxygen atoms in total. The molecule has 2 amide bonds. The van der Waals surface area contributed by atoms with Gasteiger partial charge in [0.05, 0.1) is 5.56 Å². The number of amides is 2. The largest absolute Gasteiger partial charge is 0.361 e. The number of nitrogens with one attached hydrogen (secondary N) is 3. The highest BCUT2D eigenvalue weighted by molar-refractivity contribution is 6.05. The summed E-state index contributed by atoms with van der Waals surface area (Å²) in [4.78, 5) is 32.8. The molecule has 5 aromatic rings. The smallest absolute Gasteiger partial charge is 0.257 e. The van der Waals surface area contributed by atoms with Gasteiger partial charge in [-0.05, 0) is 47.5 Å². The summed E-state index contributed by atoms with van der Waals surface area (Å²) in [5, 5.41) is 7.05. The SMILES string of the molecule is O=C(NCC(c1ccccc1)c1c[nH]c2ccccc12)c1cccc(NC(=O)c2cccnc2)c1. The van der Waals surface area contributed by atoms with E-state index < -0.39 is 0 Å². The number of carbonyl (C=O) groups is 2. The van der Waals surface area contributed by atoms with E-state index in [0.717, 1.165) is 22.0 Å². The van der Waals surface area contributed by atoms with E-state index in [4.69, 9.17) is 0 Å². The van der Waals surface area contributed by atoms with Crippen LogP contribution in [0.3, 0.4) is 0 Å². The van der Waals surface area contributed by atoms with E-state index in [1.54, 1.807) is 42.6 Å². The molecule has 0 spiro atoms. The van der Waals surface area contributed by atoms with Gasteiger partial charge in [0.1, 0.15) is 0 Å². The summed E-state index contributed by atoms with van der Waals surface area (Å²) in [5.74, 6) is -0.507. The van der Waals surface area contributed by atoms with Crippen molar-refractivity contribution in [3.8, 4) is 0 Å². The summed E-state index contributed by atoms with van der Waals surface area (Å²) in [6.45, 7) is 0.428. The van der Waals surface area contributed by atoms with Crippen molar-refractivity contribution in [3.05, 3.63) is 132 Å². The van der Waals surface area contributed by atoms with Crippen LogP contribution in [0.15, 0.2) is 110 Å². The molecule has 1 atom stereocenters. The standard InChI is InChI=1S/C29H24N4O2/c34-28(21-10-6-12-23(16-21)33-29(35)22-11-7-15-30-17-22)32-18-25(20-8-2-1-3-9-20)26-19-31-27-14-5-4-13-24(26)27/h1-17,19,25,31H,18H2,(H,32,34)(H,33,35). The highest BCUT2D eigenvalue weighted by Crippen LogP contribution is 2.30. The van der Waals surface area contributed by atoms with Crippen LogP contribution in [0.25, 0.3) is 10.9 Å². The molecule has 0 saturated heterocycles. The number of hydrogen-bond acceptors (Lipinski definition) is 3. The normalized spacial score (nSPS) is 11.7. The second-order valence-electron chi connectivity index (χ2n) is 8.24. The van der Waals surface area contributed by atoms with Gasteiger partial charge in [-0.2, -0.15) is 0 Å². The average Bonchev–Trinajstić information content (AvgIpc) is 3.34. The predicted molar refractivity (Wildman–Crippen MR) is 138 cm³/mol. The van der Waals surface area contributed by atoms with E-state index in [1.165, 1.54) is 6.20 Å². The van der Waals surface area contributed by atoms with Gasteiger partial charge >= 0.3 is 0 Å². The van der Waals surface area contributed by atoms with Crippen LogP contribution in [0.4, 0.5) is 5.69 Å². The first-order valence-corrected chi connectivity index (χ1v) is 11.4. The van der Waals surface area contributed by atoms with Crippen molar-refractivity contribution < 1.29 is 9.59 Å². The molecule has 0 aliphatic rings. The zero-order chi connectivity index (χ0) is 24.0. The van der Waals surface area contributed by atoms with Gasteiger partial charge in [0.2, 0.25) is 0 Å². The summed E-state index contributed by atoms with van der Waals surface area (Å²) >= 11 is 0. The molecule has 0 aliphatic carbocycles. The van der Waals surface area contributed by atoms with Crippen LogP contribution in [-0.2, 0) is 0 Å². The van der Waals surface area contributed by atoms with Crippen LogP contribution in [0, 0.1) is 0 Å². The van der Waals surface area contributed by atoms with Crippen LogP contribution in [0.1, 0.15) is 37.8 Å². The molecular formula is C29H24N4O2. The van der Waals surface area contributed by atoms with E-state index in [2.05, 4.69) is 38.8 Å². The average molecular weight is 461 g/mol. The fraction of sp³-hybridized carbons (Fsp3) is 0.0690. The first-order chi connectivity index (χ1) is 17.2. The van der Waals surface area contributed by atoms with E-state index in [0.29, 0.717) is 23.4 Å². The monoisotopic (exact) mass is 460 g/mol. The highest BCUT2D eigenvalue weighted by atomic mass is 16.2. The van der Waals surface area contributed by atoms with Gasteiger partial charge in [-0.1, -0.05) is 54.6 Å². The summed E-state index contributed by atoms with van der Waals surface area (Å²) in [6, 6.07) is 28.6. The second-order valence-corrected chi connectivity index (χ2v) is 8.24. The molecule has 0 radical (unpaired) electrons. The van der Waals surface area contributed by atoms with Crippen LogP contribution in [-0.4, -0.2) is 28.3 Å². The number of H-pyrrole nitrogens is 1. The maximum Gasteiger partial charge on any atom is 0.257 e. The molecule has 3 aromatic carbocycles. The van der Waals surface area contributed by atoms with E-state index >= 15 is 0 Å². The van der Waals surface area contributed by atoms with Gasteiger partial charge in [0.15, 0.2) is 0 Å². The molecule has 0 fully saturated rings. The Bertz CT molecular complexity index is 1460. The van der Waals surface area contributed by atoms with Gasteiger partial charge in [0, 0.05) is 53.2 Å². The Labute approximate surface area is 203 Å². The third-order valence-electron chi connectivity index (χ3n) is 5.97. The molecule has 6 heteroatoms. The lowest BCUT2D eigenvalue weighted by Crippen LogP contribution is -2.29. The Hall–Kier alpha value is -4.71. The van der Waals surface area contributed by atoms with Crippen molar-refractivity contribution in [2.75, 3.05) is 11.9 Å². The maximum atomic E-state index is 13.1. The predicted octanol–water partition coefficient (Wildman–Crippen LogP) is 5.38. The summed E-state index contributed by atoms with van der Waals surface area (Å²) in [6.07, 6.45) is 5.13. The van der Waals surface area contributed by atoms with Crippen molar-refractivity contribution >= 4 is 28.4 Å². The van der Waals surface area contributed by atoms with E-state index in [9.17, 15) is 9.59 Å². The molecule has 1 unspecified atom stereocenters. The molecule has 35 heavy (non-hydrogen) atoms. The zero-order valence-electron chi connectivity index (χ0n) is 18.9. The zero-order valence-corrected chi connectivity index (χ0v) is 18.9. The summed E-state index contributed by atoms with van der Waals surface area (Å²) < 4.78 is 0. The number of nitrogens with zero attached hydrogens (tertiary/aromatic N) is 1. The number of aromatic amines is 1. The molecule has 172 valence electrons. The van der Waals surface area contributed by atoms with Gasteiger partial charge in [0.25, 0.3) is 11.8 Å². The topological polar surface area (TPSA) is 86.9 Å². The molecule has 2 aromatic heterocycles. The fourth-order valence-electron chi connectivity index (χ4n) is 4.21. The first-order valence-electron chi connectivity index (χ1n) is 11.4. The molecule has 0 aliphatic heterocycles. The van der Waals surface area contributed by atoms with Gasteiger partial charge in [-0.3, -0.25) is 14.6 Å². The number of anilines is 1. The number of hydrogen-bond donors (Lipinski definition) is 3. The third-order valence-corrected chi connectivity index (χ3v) is 5.97. The van der Waals surface area contributed by atoms with Gasteiger partial charge in [-0.15, -0.1) is 0 Å². The molecule has 3 N–H and O–H groups in total. The van der Waals surface area contributed by atoms with Crippen LogP contribution in [0.2, 0.25) is 0 Å². The molecular weight excluding hydrogens is 436 g/mol. The Balaban J connectivity index is 1.34. The second kappa shape index (κ2) is 10.1. The Kier molecular flexibility index (Phi) is 6.35.